The number of hydrogen-bond donors (Lipinski definition) is 1. The number of carbonyl (C=O) groups excluding carboxylic acids is 1. The lowest BCUT2D eigenvalue weighted by Gasteiger charge is -2.31. The maximum Gasteiger partial charge on any atom is 0.239 e. The van der Waals surface area contributed by atoms with Gasteiger partial charge in [-0.15, -0.1) is 0 Å². The van der Waals surface area contributed by atoms with Gasteiger partial charge in [-0.2, -0.15) is 0 Å². The molecule has 0 radical (unpaired) electrons. The van der Waals surface area contributed by atoms with E-state index in [9.17, 15) is 4.79 Å². The molecule has 2 heterocycles. The van der Waals surface area contributed by atoms with E-state index < -0.39 is 0 Å². The Morgan fingerprint density at radius 3 is 2.96 bits per heavy atom. The quantitative estimate of drug-likeness (QED) is 0.919. The highest BCUT2D eigenvalue weighted by Gasteiger charge is 2.23. The number of nitrogens with zero attached hydrogens (tertiary/aromatic N) is 1. The van der Waals surface area contributed by atoms with Crippen molar-refractivity contribution in [1.29, 1.82) is 0 Å². The largest absolute Gasteiger partial charge is 0.486 e. The molecule has 2 aliphatic heterocycles. The van der Waals surface area contributed by atoms with Gasteiger partial charge in [-0.25, -0.2) is 0 Å². The fourth-order valence-corrected chi connectivity index (χ4v) is 3.59. The number of ether oxygens (including phenoxy) is 2. The number of hydrogen-bond acceptors (Lipinski definition) is 4. The zero-order valence-corrected chi connectivity index (χ0v) is 15.0. The van der Waals surface area contributed by atoms with Crippen LogP contribution in [0.25, 0.3) is 0 Å². The average molecular weight is 352 g/mol. The normalized spacial score (nSPS) is 18.2. The predicted octanol–water partition coefficient (Wildman–Crippen LogP) is 2.70. The minimum atomic E-state index is -0.162. The lowest BCUT2D eigenvalue weighted by atomic mass is 9.99. The van der Waals surface area contributed by atoms with Crippen molar-refractivity contribution in [2.75, 3.05) is 31.1 Å². The Morgan fingerprint density at radius 2 is 2.08 bits per heavy atom. The molecule has 0 saturated heterocycles. The molecule has 0 saturated carbocycles. The summed E-state index contributed by atoms with van der Waals surface area (Å²) in [5, 5.41) is 2.99. The van der Waals surface area contributed by atoms with Gasteiger partial charge < -0.3 is 19.7 Å². The summed E-state index contributed by atoms with van der Waals surface area (Å²) >= 11 is 0. The summed E-state index contributed by atoms with van der Waals surface area (Å²) in [7, 11) is 0. The molecule has 0 aromatic heterocycles. The molecule has 26 heavy (non-hydrogen) atoms. The van der Waals surface area contributed by atoms with Gasteiger partial charge in [-0.05, 0) is 43.5 Å². The second kappa shape index (κ2) is 7.28. The molecule has 1 atom stereocenters. The van der Waals surface area contributed by atoms with E-state index in [4.69, 9.17) is 9.47 Å². The standard InChI is InChI=1S/C21H24N2O3/c1-15-8-9-18-16(11-15)5-4-10-23(18)13-21(24)22-12-17-14-25-19-6-2-3-7-20(19)26-17/h2-3,6-9,11,17H,4-5,10,12-14H2,1H3,(H,22,24). The van der Waals surface area contributed by atoms with Gasteiger partial charge in [0.1, 0.15) is 12.7 Å². The zero-order chi connectivity index (χ0) is 17.9. The molecular formula is C21H24N2O3. The fourth-order valence-electron chi connectivity index (χ4n) is 3.59. The highest BCUT2D eigenvalue weighted by atomic mass is 16.6. The number of nitrogens with one attached hydrogen (secondary N) is 1. The molecule has 0 bridgehead atoms. The Labute approximate surface area is 153 Å². The molecule has 1 N–H and O–H groups in total. The Kier molecular flexibility index (Phi) is 4.69. The minimum absolute atomic E-state index is 0.0147. The Hall–Kier alpha value is -2.69. The van der Waals surface area contributed by atoms with Crippen LogP contribution in [0.4, 0.5) is 5.69 Å². The number of anilines is 1. The molecule has 2 aromatic rings. The van der Waals surface area contributed by atoms with Gasteiger partial charge in [0, 0.05) is 12.2 Å². The van der Waals surface area contributed by atoms with E-state index in [0.717, 1.165) is 30.9 Å². The van der Waals surface area contributed by atoms with Crippen molar-refractivity contribution in [1.82, 2.24) is 5.32 Å². The fraction of sp³-hybridized carbons (Fsp3) is 0.381. The van der Waals surface area contributed by atoms with Crippen molar-refractivity contribution in [3.8, 4) is 11.5 Å². The summed E-state index contributed by atoms with van der Waals surface area (Å²) in [4.78, 5) is 14.6. The lowest BCUT2D eigenvalue weighted by Crippen LogP contribution is -2.45. The lowest BCUT2D eigenvalue weighted by molar-refractivity contribution is -0.120. The van der Waals surface area contributed by atoms with Crippen LogP contribution >= 0.6 is 0 Å². The van der Waals surface area contributed by atoms with Crippen LogP contribution in [0.5, 0.6) is 11.5 Å². The Morgan fingerprint density at radius 1 is 1.23 bits per heavy atom. The molecule has 1 unspecified atom stereocenters. The van der Waals surface area contributed by atoms with E-state index >= 15 is 0 Å². The van der Waals surface area contributed by atoms with E-state index in [0.29, 0.717) is 19.7 Å². The first-order valence-corrected chi connectivity index (χ1v) is 9.19. The van der Waals surface area contributed by atoms with E-state index in [2.05, 4.69) is 35.3 Å². The van der Waals surface area contributed by atoms with Crippen LogP contribution in [0.3, 0.4) is 0 Å². The van der Waals surface area contributed by atoms with Crippen molar-refractivity contribution in [3.63, 3.8) is 0 Å². The number of carbonyl (C=O) groups is 1. The molecule has 1 amide bonds. The molecule has 4 rings (SSSR count). The molecular weight excluding hydrogens is 328 g/mol. The first-order valence-electron chi connectivity index (χ1n) is 9.19. The predicted molar refractivity (Wildman–Crippen MR) is 101 cm³/mol. The van der Waals surface area contributed by atoms with Crippen LogP contribution in [0, 0.1) is 6.92 Å². The van der Waals surface area contributed by atoms with Gasteiger partial charge >= 0.3 is 0 Å². The highest BCUT2D eigenvalue weighted by Crippen LogP contribution is 2.31. The van der Waals surface area contributed by atoms with Crippen LogP contribution in [-0.4, -0.2) is 38.3 Å². The van der Waals surface area contributed by atoms with Crippen molar-refractivity contribution in [3.05, 3.63) is 53.6 Å². The summed E-state index contributed by atoms with van der Waals surface area (Å²) in [5.41, 5.74) is 3.79. The minimum Gasteiger partial charge on any atom is -0.486 e. The van der Waals surface area contributed by atoms with Gasteiger partial charge in [0.15, 0.2) is 11.5 Å². The third-order valence-electron chi connectivity index (χ3n) is 4.88. The third-order valence-corrected chi connectivity index (χ3v) is 4.88. The summed E-state index contributed by atoms with van der Waals surface area (Å²) in [5.74, 6) is 1.51. The van der Waals surface area contributed by atoms with Crippen LogP contribution in [0.15, 0.2) is 42.5 Å². The van der Waals surface area contributed by atoms with Gasteiger partial charge in [0.05, 0.1) is 13.1 Å². The maximum atomic E-state index is 12.4. The Balaban J connectivity index is 1.32. The van der Waals surface area contributed by atoms with Gasteiger partial charge in [0.2, 0.25) is 5.91 Å². The van der Waals surface area contributed by atoms with Crippen LogP contribution < -0.4 is 19.7 Å². The topological polar surface area (TPSA) is 50.8 Å². The molecule has 5 heteroatoms. The summed E-state index contributed by atoms with van der Waals surface area (Å²) in [6.07, 6.45) is 2.01. The van der Waals surface area contributed by atoms with Crippen LogP contribution in [0.2, 0.25) is 0 Å². The molecule has 0 fully saturated rings. The highest BCUT2D eigenvalue weighted by molar-refractivity contribution is 5.82. The Bertz CT molecular complexity index is 806. The SMILES string of the molecule is Cc1ccc2c(c1)CCCN2CC(=O)NCC1COc2ccccc2O1. The number of amides is 1. The van der Waals surface area contributed by atoms with Gasteiger partial charge in [0.25, 0.3) is 0 Å². The zero-order valence-electron chi connectivity index (χ0n) is 15.0. The molecule has 0 aliphatic carbocycles. The van der Waals surface area contributed by atoms with E-state index in [1.165, 1.54) is 16.8 Å². The number of fused-ring (bicyclic) bond motifs is 2. The summed E-state index contributed by atoms with van der Waals surface area (Å²) < 4.78 is 11.6. The monoisotopic (exact) mass is 352 g/mol. The number of para-hydroxylation sites is 2. The molecule has 2 aromatic carbocycles. The van der Waals surface area contributed by atoms with Crippen molar-refractivity contribution < 1.29 is 14.3 Å². The van der Waals surface area contributed by atoms with E-state index in [1.807, 2.05) is 24.3 Å². The number of rotatable bonds is 4. The van der Waals surface area contributed by atoms with Crippen molar-refractivity contribution in [2.45, 2.75) is 25.9 Å². The van der Waals surface area contributed by atoms with Crippen molar-refractivity contribution in [2.24, 2.45) is 0 Å². The van der Waals surface area contributed by atoms with E-state index in [-0.39, 0.29) is 12.0 Å². The first kappa shape index (κ1) is 16.8. The van der Waals surface area contributed by atoms with Crippen molar-refractivity contribution >= 4 is 11.6 Å². The summed E-state index contributed by atoms with van der Waals surface area (Å²) in [6.45, 7) is 4.29. The van der Waals surface area contributed by atoms with Gasteiger partial charge in [-0.1, -0.05) is 29.8 Å². The second-order valence-electron chi connectivity index (χ2n) is 6.96. The molecule has 0 spiro atoms. The average Bonchev–Trinajstić information content (AvgIpc) is 2.66. The van der Waals surface area contributed by atoms with Crippen LogP contribution in [0.1, 0.15) is 17.5 Å². The first-order chi connectivity index (χ1) is 12.7. The molecule has 5 nitrogen and oxygen atoms in total. The molecule has 136 valence electrons. The van der Waals surface area contributed by atoms with E-state index in [1.54, 1.807) is 0 Å². The molecule has 2 aliphatic rings. The number of benzene rings is 2. The maximum absolute atomic E-state index is 12.4. The summed E-state index contributed by atoms with van der Waals surface area (Å²) in [6, 6.07) is 14.1. The number of aryl methyl sites for hydroxylation is 2. The third kappa shape index (κ3) is 3.62. The van der Waals surface area contributed by atoms with Crippen LogP contribution in [-0.2, 0) is 11.2 Å². The van der Waals surface area contributed by atoms with Gasteiger partial charge in [-0.3, -0.25) is 4.79 Å². The smallest absolute Gasteiger partial charge is 0.239 e. The second-order valence-corrected chi connectivity index (χ2v) is 6.96.